The predicted octanol–water partition coefficient (Wildman–Crippen LogP) is 3.04. The molecule has 6 nitrogen and oxygen atoms in total. The first kappa shape index (κ1) is 21.5. The van der Waals surface area contributed by atoms with E-state index < -0.39 is 0 Å². The van der Waals surface area contributed by atoms with Gasteiger partial charge in [-0.1, -0.05) is 0 Å². The molecule has 3 rings (SSSR count). The van der Waals surface area contributed by atoms with Crippen molar-refractivity contribution < 1.29 is 14.2 Å². The highest BCUT2D eigenvalue weighted by atomic mass is 35.5. The molecule has 2 heterocycles. The first-order valence-electron chi connectivity index (χ1n) is 7.92. The molecule has 2 aromatic rings. The Kier molecular flexibility index (Phi) is 8.48. The van der Waals surface area contributed by atoms with Crippen molar-refractivity contribution in [3.8, 4) is 17.4 Å². The highest BCUT2D eigenvalue weighted by molar-refractivity contribution is 5.87. The number of piperidine rings is 1. The van der Waals surface area contributed by atoms with Gasteiger partial charge in [-0.2, -0.15) is 4.98 Å². The summed E-state index contributed by atoms with van der Waals surface area (Å²) in [6.45, 7) is 2.14. The molecule has 1 aromatic heterocycles. The Labute approximate surface area is 160 Å². The molecule has 0 radical (unpaired) electrons. The number of hydrogen-bond donors (Lipinski definition) is 1. The maximum Gasteiger partial charge on any atom is 0.224 e. The first-order chi connectivity index (χ1) is 11.2. The number of nitrogens with one attached hydrogen (secondary N) is 1. The summed E-state index contributed by atoms with van der Waals surface area (Å²) >= 11 is 0. The van der Waals surface area contributed by atoms with Crippen LogP contribution in [0.3, 0.4) is 0 Å². The van der Waals surface area contributed by atoms with Crippen molar-refractivity contribution in [2.45, 2.75) is 19.3 Å². The molecule has 0 bridgehead atoms. The van der Waals surface area contributed by atoms with Gasteiger partial charge in [0.2, 0.25) is 5.88 Å². The summed E-state index contributed by atoms with van der Waals surface area (Å²) in [5.41, 5.74) is 0.818. The number of hydrogen-bond acceptors (Lipinski definition) is 6. The van der Waals surface area contributed by atoms with Crippen LogP contribution in [0.2, 0.25) is 0 Å². The zero-order chi connectivity index (χ0) is 16.2. The summed E-state index contributed by atoms with van der Waals surface area (Å²) in [4.78, 5) is 9.31. The van der Waals surface area contributed by atoms with Crippen molar-refractivity contribution >= 4 is 35.7 Å². The van der Waals surface area contributed by atoms with Crippen LogP contribution in [0.4, 0.5) is 0 Å². The van der Waals surface area contributed by atoms with Crippen LogP contribution in [0.1, 0.15) is 18.7 Å². The number of nitrogens with zero attached hydrogens (tertiary/aromatic N) is 2. The van der Waals surface area contributed by atoms with Gasteiger partial charge in [-0.3, -0.25) is 0 Å². The van der Waals surface area contributed by atoms with Gasteiger partial charge in [0.1, 0.15) is 5.82 Å². The fraction of sp³-hybridized carbons (Fsp3) is 0.529. The minimum atomic E-state index is 0. The van der Waals surface area contributed by atoms with Gasteiger partial charge in [0.05, 0.1) is 32.2 Å². The van der Waals surface area contributed by atoms with Gasteiger partial charge in [-0.05, 0) is 37.9 Å². The Bertz CT molecular complexity index is 694. The zero-order valence-corrected chi connectivity index (χ0v) is 16.3. The van der Waals surface area contributed by atoms with Crippen molar-refractivity contribution in [2.75, 3.05) is 34.4 Å². The highest BCUT2D eigenvalue weighted by Gasteiger charge is 2.18. The highest BCUT2D eigenvalue weighted by Crippen LogP contribution is 2.35. The van der Waals surface area contributed by atoms with E-state index in [1.165, 1.54) is 0 Å². The van der Waals surface area contributed by atoms with E-state index >= 15 is 0 Å². The summed E-state index contributed by atoms with van der Waals surface area (Å²) < 4.78 is 16.2. The number of ether oxygens (including phenoxy) is 3. The van der Waals surface area contributed by atoms with Crippen molar-refractivity contribution in [1.29, 1.82) is 0 Å². The summed E-state index contributed by atoms with van der Waals surface area (Å²) in [6, 6.07) is 3.74. The van der Waals surface area contributed by atoms with Crippen molar-refractivity contribution in [1.82, 2.24) is 15.3 Å². The minimum Gasteiger partial charge on any atom is -0.493 e. The van der Waals surface area contributed by atoms with E-state index in [1.54, 1.807) is 21.3 Å². The van der Waals surface area contributed by atoms with Crippen LogP contribution in [-0.4, -0.2) is 44.4 Å². The predicted molar refractivity (Wildman–Crippen MR) is 103 cm³/mol. The molecule has 1 aromatic carbocycles. The molecule has 0 saturated carbocycles. The van der Waals surface area contributed by atoms with Crippen LogP contribution in [0.15, 0.2) is 12.1 Å². The number of rotatable bonds is 5. The molecule has 0 spiro atoms. The van der Waals surface area contributed by atoms with Crippen LogP contribution in [0, 0.1) is 5.92 Å². The third-order valence-electron chi connectivity index (χ3n) is 4.34. The lowest BCUT2D eigenvalue weighted by atomic mass is 9.94. The van der Waals surface area contributed by atoms with Crippen LogP contribution < -0.4 is 19.5 Å². The van der Waals surface area contributed by atoms with Crippen LogP contribution >= 0.6 is 24.8 Å². The lowest BCUT2D eigenvalue weighted by molar-refractivity contribution is 0.354. The summed E-state index contributed by atoms with van der Waals surface area (Å²) in [7, 11) is 4.87. The number of benzene rings is 1. The third-order valence-corrected chi connectivity index (χ3v) is 4.34. The minimum absolute atomic E-state index is 0. The second-order valence-electron chi connectivity index (χ2n) is 5.77. The van der Waals surface area contributed by atoms with Crippen LogP contribution in [0.25, 0.3) is 10.9 Å². The Morgan fingerprint density at radius 2 is 1.60 bits per heavy atom. The largest absolute Gasteiger partial charge is 0.493 e. The lowest BCUT2D eigenvalue weighted by Crippen LogP contribution is -2.29. The smallest absolute Gasteiger partial charge is 0.224 e. The average molecular weight is 390 g/mol. The molecule has 25 heavy (non-hydrogen) atoms. The second kappa shape index (κ2) is 9.85. The SMILES string of the molecule is COc1cc2nc(CC3CCNCC3)nc(OC)c2cc1OC.Cl.Cl. The standard InChI is InChI=1S/C17H23N3O3.2ClH/c1-21-14-9-12-13(10-15(14)22-2)19-16(20-17(12)23-3)8-11-4-6-18-7-5-11;;/h9-11,18H,4-8H2,1-3H3;2*1H. The molecular weight excluding hydrogens is 365 g/mol. The quantitative estimate of drug-likeness (QED) is 0.847. The van der Waals surface area contributed by atoms with Gasteiger partial charge in [-0.25, -0.2) is 4.98 Å². The van der Waals surface area contributed by atoms with E-state index in [-0.39, 0.29) is 24.8 Å². The van der Waals surface area contributed by atoms with E-state index in [1.807, 2.05) is 12.1 Å². The first-order valence-corrected chi connectivity index (χ1v) is 7.92. The van der Waals surface area contributed by atoms with Crippen molar-refractivity contribution in [3.63, 3.8) is 0 Å². The number of methoxy groups -OCH3 is 3. The zero-order valence-electron chi connectivity index (χ0n) is 14.7. The molecule has 1 saturated heterocycles. The Morgan fingerprint density at radius 1 is 0.960 bits per heavy atom. The van der Waals surface area contributed by atoms with E-state index in [2.05, 4.69) is 10.3 Å². The second-order valence-corrected chi connectivity index (χ2v) is 5.77. The normalized spacial score (nSPS) is 14.4. The molecular formula is C17H25Cl2N3O3. The molecule has 0 aliphatic carbocycles. The molecule has 8 heteroatoms. The van der Waals surface area contributed by atoms with E-state index in [0.29, 0.717) is 23.3 Å². The molecule has 140 valence electrons. The maximum atomic E-state index is 5.47. The number of fused-ring (bicyclic) bond motifs is 1. The fourth-order valence-corrected chi connectivity index (χ4v) is 3.06. The molecule has 0 unspecified atom stereocenters. The maximum absolute atomic E-state index is 5.47. The molecule has 0 atom stereocenters. The third kappa shape index (κ3) is 4.77. The van der Waals surface area contributed by atoms with Gasteiger partial charge < -0.3 is 19.5 Å². The van der Waals surface area contributed by atoms with Gasteiger partial charge in [0.25, 0.3) is 0 Å². The Hall–Kier alpha value is -1.50. The van der Waals surface area contributed by atoms with E-state index in [0.717, 1.165) is 49.1 Å². The van der Waals surface area contributed by atoms with Gasteiger partial charge >= 0.3 is 0 Å². The molecule has 1 N–H and O–H groups in total. The monoisotopic (exact) mass is 389 g/mol. The molecule has 1 fully saturated rings. The van der Waals surface area contributed by atoms with Crippen LogP contribution in [-0.2, 0) is 6.42 Å². The Balaban J connectivity index is 0.00000156. The van der Waals surface area contributed by atoms with E-state index in [9.17, 15) is 0 Å². The van der Waals surface area contributed by atoms with Crippen LogP contribution in [0.5, 0.6) is 17.4 Å². The topological polar surface area (TPSA) is 65.5 Å². The average Bonchev–Trinajstić information content (AvgIpc) is 2.60. The molecule has 0 amide bonds. The van der Waals surface area contributed by atoms with Crippen molar-refractivity contribution in [2.24, 2.45) is 5.92 Å². The van der Waals surface area contributed by atoms with Gasteiger partial charge in [0, 0.05) is 12.5 Å². The molecule has 1 aliphatic heterocycles. The van der Waals surface area contributed by atoms with E-state index in [4.69, 9.17) is 19.2 Å². The Morgan fingerprint density at radius 3 is 2.20 bits per heavy atom. The lowest BCUT2D eigenvalue weighted by Gasteiger charge is -2.22. The summed E-state index contributed by atoms with van der Waals surface area (Å²) in [5, 5.41) is 4.22. The fourth-order valence-electron chi connectivity index (χ4n) is 3.06. The van der Waals surface area contributed by atoms with Gasteiger partial charge in [0.15, 0.2) is 11.5 Å². The van der Waals surface area contributed by atoms with Gasteiger partial charge in [-0.15, -0.1) is 24.8 Å². The number of halogens is 2. The summed E-state index contributed by atoms with van der Waals surface area (Å²) in [6.07, 6.45) is 3.20. The molecule has 1 aliphatic rings. The summed E-state index contributed by atoms with van der Waals surface area (Å²) in [5.74, 6) is 3.34. The van der Waals surface area contributed by atoms with Crippen molar-refractivity contribution in [3.05, 3.63) is 18.0 Å². The number of aromatic nitrogens is 2.